The Hall–Kier alpha value is -3.01. The molecule has 2 N–H and O–H groups in total. The molecule has 1 aromatic heterocycles. The Morgan fingerprint density at radius 2 is 1.79 bits per heavy atom. The van der Waals surface area contributed by atoms with Crippen molar-refractivity contribution < 1.29 is 32.6 Å². The molecule has 0 fully saturated rings. The predicted octanol–water partition coefficient (Wildman–Crippen LogP) is 4.69. The first kappa shape index (κ1) is 24.6. The van der Waals surface area contributed by atoms with Gasteiger partial charge in [0.1, 0.15) is 5.82 Å². The van der Waals surface area contributed by atoms with Gasteiger partial charge in [-0.05, 0) is 53.6 Å². The zero-order valence-corrected chi connectivity index (χ0v) is 17.8. The second kappa shape index (κ2) is 10.3. The molecule has 10 heteroatoms. The van der Waals surface area contributed by atoms with Crippen LogP contribution < -0.4 is 4.90 Å². The van der Waals surface area contributed by atoms with Crippen molar-refractivity contribution in [2.24, 2.45) is 0 Å². The fraction of sp³-hybridized carbons (Fsp3) is 0.217. The smallest absolute Gasteiger partial charge is 0.392 e. The number of alkyl halides is 3. The molecular weight excluding hydrogens is 464 g/mol. The highest BCUT2D eigenvalue weighted by Crippen LogP contribution is 2.29. The molecule has 2 aromatic carbocycles. The summed E-state index contributed by atoms with van der Waals surface area (Å²) in [5.74, 6) is -1.28. The first-order valence-electron chi connectivity index (χ1n) is 9.76. The van der Waals surface area contributed by atoms with Crippen molar-refractivity contribution in [1.29, 1.82) is 0 Å². The number of nitrogens with zero attached hydrogens (tertiary/aromatic N) is 2. The molecule has 1 atom stereocenters. The zero-order valence-electron chi connectivity index (χ0n) is 17.1. The molecule has 0 saturated heterocycles. The van der Waals surface area contributed by atoms with Gasteiger partial charge in [0.15, 0.2) is 6.10 Å². The van der Waals surface area contributed by atoms with Crippen LogP contribution in [0.2, 0.25) is 5.02 Å². The molecule has 5 nitrogen and oxygen atoms in total. The number of benzene rings is 2. The number of carbonyl (C=O) groups is 1. The van der Waals surface area contributed by atoms with Gasteiger partial charge in [0.2, 0.25) is 0 Å². The molecule has 0 saturated carbocycles. The minimum atomic E-state index is -4.52. The number of amides is 1. The second-order valence-electron chi connectivity index (χ2n) is 7.16. The highest BCUT2D eigenvalue weighted by atomic mass is 35.5. The Labute approximate surface area is 191 Å². The number of aromatic nitrogens is 1. The maximum Gasteiger partial charge on any atom is 0.417 e. The number of carbonyl (C=O) groups excluding carboxylic acids is 1. The Balaban J connectivity index is 1.88. The van der Waals surface area contributed by atoms with Crippen LogP contribution in [0.5, 0.6) is 0 Å². The van der Waals surface area contributed by atoms with Crippen molar-refractivity contribution in [1.82, 2.24) is 4.98 Å². The Bertz CT molecular complexity index is 1110. The lowest BCUT2D eigenvalue weighted by Gasteiger charge is -2.26. The summed E-state index contributed by atoms with van der Waals surface area (Å²) in [5, 5.41) is 20.4. The average Bonchev–Trinajstić information content (AvgIpc) is 2.79. The standard InChI is InChI=1S/C23H19ClF4N2O3/c24-20-8-7-19(11-15(20)13-31)30(22(33)21(32)14-1-4-17(25)5-2-14)10-9-18-6-3-16(12-29-18)23(26,27)28/h1-8,11-12,21,31-32H,9-10,13H2/t21-/m1/s1. The molecule has 0 aliphatic carbocycles. The molecule has 33 heavy (non-hydrogen) atoms. The van der Waals surface area contributed by atoms with E-state index in [2.05, 4.69) is 4.98 Å². The SMILES string of the molecule is O=C([C@H](O)c1ccc(F)cc1)N(CCc1ccc(C(F)(F)F)cn1)c1ccc(Cl)c(CO)c1. The molecular formula is C23H19ClF4N2O3. The van der Waals surface area contributed by atoms with E-state index in [4.69, 9.17) is 11.6 Å². The van der Waals surface area contributed by atoms with Crippen molar-refractivity contribution in [2.75, 3.05) is 11.4 Å². The molecule has 0 spiro atoms. The van der Waals surface area contributed by atoms with Crippen LogP contribution in [-0.2, 0) is 24.0 Å². The van der Waals surface area contributed by atoms with Crippen LogP contribution in [0.3, 0.4) is 0 Å². The first-order valence-corrected chi connectivity index (χ1v) is 10.1. The van der Waals surface area contributed by atoms with Gasteiger partial charge in [-0.3, -0.25) is 9.78 Å². The third-order valence-electron chi connectivity index (χ3n) is 4.94. The molecule has 1 heterocycles. The molecule has 0 radical (unpaired) electrons. The summed E-state index contributed by atoms with van der Waals surface area (Å²) in [6.45, 7) is -0.433. The molecule has 1 amide bonds. The summed E-state index contributed by atoms with van der Waals surface area (Å²) in [6.07, 6.45) is -5.35. The average molecular weight is 483 g/mol. The molecule has 0 aliphatic rings. The van der Waals surface area contributed by atoms with E-state index in [1.807, 2.05) is 0 Å². The highest BCUT2D eigenvalue weighted by molar-refractivity contribution is 6.31. The van der Waals surface area contributed by atoms with E-state index < -0.39 is 36.2 Å². The fourth-order valence-electron chi connectivity index (χ4n) is 3.12. The van der Waals surface area contributed by atoms with Crippen molar-refractivity contribution in [3.8, 4) is 0 Å². The van der Waals surface area contributed by atoms with E-state index in [0.29, 0.717) is 23.1 Å². The summed E-state index contributed by atoms with van der Waals surface area (Å²) in [6, 6.07) is 11.3. The summed E-state index contributed by atoms with van der Waals surface area (Å²) < 4.78 is 51.5. The number of hydrogen-bond donors (Lipinski definition) is 2. The molecule has 3 aromatic rings. The number of aliphatic hydroxyl groups is 2. The lowest BCUT2D eigenvalue weighted by Crippen LogP contribution is -2.37. The van der Waals surface area contributed by atoms with E-state index in [1.54, 1.807) is 0 Å². The summed E-state index contributed by atoms with van der Waals surface area (Å²) >= 11 is 6.03. The molecule has 3 rings (SSSR count). The number of anilines is 1. The van der Waals surface area contributed by atoms with E-state index in [0.717, 1.165) is 18.2 Å². The summed E-state index contributed by atoms with van der Waals surface area (Å²) in [7, 11) is 0. The summed E-state index contributed by atoms with van der Waals surface area (Å²) in [5.41, 5.74) is 0.220. The highest BCUT2D eigenvalue weighted by Gasteiger charge is 2.31. The normalized spacial score (nSPS) is 12.5. The lowest BCUT2D eigenvalue weighted by atomic mass is 10.1. The van der Waals surface area contributed by atoms with Gasteiger partial charge in [-0.25, -0.2) is 4.39 Å². The first-order chi connectivity index (χ1) is 15.6. The predicted molar refractivity (Wildman–Crippen MR) is 114 cm³/mol. The van der Waals surface area contributed by atoms with E-state index in [-0.39, 0.29) is 23.6 Å². The van der Waals surface area contributed by atoms with Crippen LogP contribution in [0.15, 0.2) is 60.8 Å². The van der Waals surface area contributed by atoms with Crippen molar-refractivity contribution in [3.05, 3.63) is 94.0 Å². The number of pyridine rings is 1. The van der Waals surface area contributed by atoms with Crippen LogP contribution in [0.4, 0.5) is 23.2 Å². The van der Waals surface area contributed by atoms with Crippen LogP contribution in [0, 0.1) is 5.82 Å². The number of rotatable bonds is 7. The number of halogens is 5. The van der Waals surface area contributed by atoms with Crippen LogP contribution in [-0.4, -0.2) is 27.6 Å². The fourth-order valence-corrected chi connectivity index (χ4v) is 3.30. The van der Waals surface area contributed by atoms with E-state index >= 15 is 0 Å². The number of hydrogen-bond acceptors (Lipinski definition) is 4. The molecule has 0 aliphatic heterocycles. The maximum absolute atomic E-state index is 13.2. The summed E-state index contributed by atoms with van der Waals surface area (Å²) in [4.78, 5) is 18.2. The quantitative estimate of drug-likeness (QED) is 0.479. The van der Waals surface area contributed by atoms with Crippen LogP contribution in [0.25, 0.3) is 0 Å². The number of aliphatic hydroxyl groups excluding tert-OH is 2. The minimum Gasteiger partial charge on any atom is -0.392 e. The van der Waals surface area contributed by atoms with Gasteiger partial charge in [0, 0.05) is 35.6 Å². The topological polar surface area (TPSA) is 73.7 Å². The van der Waals surface area contributed by atoms with Gasteiger partial charge < -0.3 is 15.1 Å². The Morgan fingerprint density at radius 3 is 2.36 bits per heavy atom. The largest absolute Gasteiger partial charge is 0.417 e. The van der Waals surface area contributed by atoms with Gasteiger partial charge in [0.05, 0.1) is 12.2 Å². The minimum absolute atomic E-state index is 0.0397. The van der Waals surface area contributed by atoms with Crippen molar-refractivity contribution in [3.63, 3.8) is 0 Å². The van der Waals surface area contributed by atoms with Crippen molar-refractivity contribution in [2.45, 2.75) is 25.3 Å². The van der Waals surface area contributed by atoms with Gasteiger partial charge >= 0.3 is 6.18 Å². The Kier molecular flexibility index (Phi) is 7.68. The third-order valence-corrected chi connectivity index (χ3v) is 5.31. The zero-order chi connectivity index (χ0) is 24.2. The van der Waals surface area contributed by atoms with Gasteiger partial charge in [-0.15, -0.1) is 0 Å². The van der Waals surface area contributed by atoms with Crippen molar-refractivity contribution >= 4 is 23.2 Å². The molecule has 174 valence electrons. The van der Waals surface area contributed by atoms with Crippen LogP contribution in [0.1, 0.15) is 28.5 Å². The van der Waals surface area contributed by atoms with E-state index in [9.17, 15) is 32.6 Å². The van der Waals surface area contributed by atoms with Gasteiger partial charge in [0.25, 0.3) is 5.91 Å². The Morgan fingerprint density at radius 1 is 1.09 bits per heavy atom. The monoisotopic (exact) mass is 482 g/mol. The molecule has 0 bridgehead atoms. The molecule has 0 unspecified atom stereocenters. The van der Waals surface area contributed by atoms with Crippen LogP contribution >= 0.6 is 11.6 Å². The van der Waals surface area contributed by atoms with Gasteiger partial charge in [-0.1, -0.05) is 23.7 Å². The lowest BCUT2D eigenvalue weighted by molar-refractivity contribution is -0.137. The maximum atomic E-state index is 13.2. The van der Waals surface area contributed by atoms with Gasteiger partial charge in [-0.2, -0.15) is 13.2 Å². The second-order valence-corrected chi connectivity index (χ2v) is 7.57. The third kappa shape index (κ3) is 6.07. The van der Waals surface area contributed by atoms with E-state index in [1.165, 1.54) is 41.3 Å².